The van der Waals surface area contributed by atoms with Gasteiger partial charge in [-0.2, -0.15) is 0 Å². The molecule has 2 heterocycles. The lowest BCUT2D eigenvalue weighted by molar-refractivity contribution is 0.249. The van der Waals surface area contributed by atoms with Gasteiger partial charge in [-0.15, -0.1) is 0 Å². The molecule has 0 spiro atoms. The van der Waals surface area contributed by atoms with Gasteiger partial charge in [0.25, 0.3) is 0 Å². The Labute approximate surface area is 135 Å². The fourth-order valence-corrected chi connectivity index (χ4v) is 4.65. The lowest BCUT2D eigenvalue weighted by Gasteiger charge is -2.26. The SMILES string of the molecule is CN=C(NCC(C1CC1)C1CC1)N1CCC(N2CCCC2)C1. The summed E-state index contributed by atoms with van der Waals surface area (Å²) in [4.78, 5) is 9.77. The number of nitrogens with zero attached hydrogens (tertiary/aromatic N) is 3. The van der Waals surface area contributed by atoms with Crippen molar-refractivity contribution in [1.82, 2.24) is 15.1 Å². The first-order valence-corrected chi connectivity index (χ1v) is 9.55. The molecule has 0 aromatic heterocycles. The largest absolute Gasteiger partial charge is 0.356 e. The van der Waals surface area contributed by atoms with E-state index in [1.807, 2.05) is 7.05 Å². The van der Waals surface area contributed by atoms with Gasteiger partial charge in [-0.1, -0.05) is 0 Å². The van der Waals surface area contributed by atoms with E-state index in [4.69, 9.17) is 0 Å². The van der Waals surface area contributed by atoms with Gasteiger partial charge in [-0.3, -0.25) is 9.89 Å². The second-order valence-electron chi connectivity index (χ2n) is 7.90. The Morgan fingerprint density at radius 3 is 2.32 bits per heavy atom. The summed E-state index contributed by atoms with van der Waals surface area (Å²) in [6, 6.07) is 0.767. The molecule has 4 heteroatoms. The summed E-state index contributed by atoms with van der Waals surface area (Å²) in [5.74, 6) is 4.13. The molecule has 2 saturated carbocycles. The number of hydrogen-bond donors (Lipinski definition) is 1. The maximum Gasteiger partial charge on any atom is 0.193 e. The van der Waals surface area contributed by atoms with E-state index >= 15 is 0 Å². The summed E-state index contributed by atoms with van der Waals surface area (Å²) < 4.78 is 0. The molecule has 22 heavy (non-hydrogen) atoms. The maximum atomic E-state index is 4.58. The molecule has 2 aliphatic heterocycles. The lowest BCUT2D eigenvalue weighted by atomic mass is 9.98. The molecule has 124 valence electrons. The summed E-state index contributed by atoms with van der Waals surface area (Å²) in [6.07, 6.45) is 10.0. The van der Waals surface area contributed by atoms with Crippen molar-refractivity contribution >= 4 is 5.96 Å². The topological polar surface area (TPSA) is 30.9 Å². The van der Waals surface area contributed by atoms with Crippen LogP contribution < -0.4 is 5.32 Å². The quantitative estimate of drug-likeness (QED) is 0.624. The number of nitrogens with one attached hydrogen (secondary N) is 1. The molecule has 0 amide bonds. The Kier molecular flexibility index (Phi) is 4.29. The highest BCUT2D eigenvalue weighted by atomic mass is 15.3. The van der Waals surface area contributed by atoms with Crippen LogP contribution in [0.25, 0.3) is 0 Å². The number of aliphatic imine (C=N–C) groups is 1. The van der Waals surface area contributed by atoms with Crippen LogP contribution in [0.3, 0.4) is 0 Å². The van der Waals surface area contributed by atoms with E-state index in [-0.39, 0.29) is 0 Å². The zero-order valence-electron chi connectivity index (χ0n) is 14.1. The third kappa shape index (κ3) is 3.27. The van der Waals surface area contributed by atoms with Crippen molar-refractivity contribution in [3.8, 4) is 0 Å². The van der Waals surface area contributed by atoms with Gasteiger partial charge in [0.05, 0.1) is 0 Å². The van der Waals surface area contributed by atoms with Crippen LogP contribution in [0.1, 0.15) is 44.9 Å². The van der Waals surface area contributed by atoms with E-state index in [2.05, 4.69) is 20.1 Å². The van der Waals surface area contributed by atoms with Gasteiger partial charge < -0.3 is 10.2 Å². The van der Waals surface area contributed by atoms with Gasteiger partial charge in [0.2, 0.25) is 0 Å². The number of hydrogen-bond acceptors (Lipinski definition) is 2. The third-order valence-corrected chi connectivity index (χ3v) is 6.28. The zero-order valence-corrected chi connectivity index (χ0v) is 14.1. The van der Waals surface area contributed by atoms with Gasteiger partial charge in [-0.25, -0.2) is 0 Å². The minimum atomic E-state index is 0.767. The standard InChI is InChI=1S/C18H32N4/c1-19-18(20-12-17(14-4-5-14)15-6-7-15)22-11-8-16(13-22)21-9-2-3-10-21/h14-17H,2-13H2,1H3,(H,19,20). The summed E-state index contributed by atoms with van der Waals surface area (Å²) in [5.41, 5.74) is 0. The van der Waals surface area contributed by atoms with Gasteiger partial charge in [0.15, 0.2) is 5.96 Å². The summed E-state index contributed by atoms with van der Waals surface area (Å²) in [5, 5.41) is 3.72. The molecule has 1 N–H and O–H groups in total. The predicted molar refractivity (Wildman–Crippen MR) is 91.1 cm³/mol. The average Bonchev–Trinajstić information content (AvgIpc) is 3.44. The fraction of sp³-hybridized carbons (Fsp3) is 0.944. The third-order valence-electron chi connectivity index (χ3n) is 6.28. The Hall–Kier alpha value is -0.770. The molecular weight excluding hydrogens is 272 g/mol. The molecule has 2 saturated heterocycles. The minimum absolute atomic E-state index is 0.767. The van der Waals surface area contributed by atoms with Crippen LogP contribution in [-0.2, 0) is 0 Å². The molecule has 0 aromatic rings. The van der Waals surface area contributed by atoms with E-state index in [1.54, 1.807) is 0 Å². The van der Waals surface area contributed by atoms with Gasteiger partial charge >= 0.3 is 0 Å². The fourth-order valence-electron chi connectivity index (χ4n) is 4.65. The Morgan fingerprint density at radius 1 is 1.05 bits per heavy atom. The van der Waals surface area contributed by atoms with E-state index in [0.29, 0.717) is 0 Å². The van der Waals surface area contributed by atoms with Crippen LogP contribution in [0.4, 0.5) is 0 Å². The molecule has 0 aromatic carbocycles. The smallest absolute Gasteiger partial charge is 0.193 e. The minimum Gasteiger partial charge on any atom is -0.356 e. The molecule has 4 fully saturated rings. The molecule has 4 rings (SSSR count). The average molecular weight is 304 g/mol. The van der Waals surface area contributed by atoms with Crippen LogP contribution in [0.2, 0.25) is 0 Å². The maximum absolute atomic E-state index is 4.58. The molecule has 1 atom stereocenters. The van der Waals surface area contributed by atoms with Crippen molar-refractivity contribution in [2.75, 3.05) is 39.8 Å². The van der Waals surface area contributed by atoms with E-state index in [9.17, 15) is 0 Å². The van der Waals surface area contributed by atoms with Gasteiger partial charge in [0.1, 0.15) is 0 Å². The number of guanidine groups is 1. The first-order valence-electron chi connectivity index (χ1n) is 9.55. The number of rotatable bonds is 5. The highest BCUT2D eigenvalue weighted by molar-refractivity contribution is 5.80. The van der Waals surface area contributed by atoms with Crippen LogP contribution in [-0.4, -0.2) is 61.6 Å². The lowest BCUT2D eigenvalue weighted by Crippen LogP contribution is -2.44. The van der Waals surface area contributed by atoms with Crippen molar-refractivity contribution in [2.45, 2.75) is 51.0 Å². The molecule has 4 nitrogen and oxygen atoms in total. The Morgan fingerprint density at radius 2 is 1.73 bits per heavy atom. The molecule has 0 bridgehead atoms. The van der Waals surface area contributed by atoms with Crippen molar-refractivity contribution in [1.29, 1.82) is 0 Å². The van der Waals surface area contributed by atoms with E-state index in [1.165, 1.54) is 71.1 Å². The summed E-state index contributed by atoms with van der Waals surface area (Å²) >= 11 is 0. The van der Waals surface area contributed by atoms with E-state index in [0.717, 1.165) is 36.3 Å². The van der Waals surface area contributed by atoms with Crippen molar-refractivity contribution < 1.29 is 0 Å². The van der Waals surface area contributed by atoms with Crippen molar-refractivity contribution in [3.63, 3.8) is 0 Å². The summed E-state index contributed by atoms with van der Waals surface area (Å²) in [6.45, 7) is 6.15. The zero-order chi connectivity index (χ0) is 14.9. The van der Waals surface area contributed by atoms with Crippen LogP contribution in [0.5, 0.6) is 0 Å². The molecule has 1 unspecified atom stereocenters. The monoisotopic (exact) mass is 304 g/mol. The van der Waals surface area contributed by atoms with Crippen molar-refractivity contribution in [3.05, 3.63) is 0 Å². The Bertz CT molecular complexity index is 395. The van der Waals surface area contributed by atoms with Crippen molar-refractivity contribution in [2.24, 2.45) is 22.7 Å². The highest BCUT2D eigenvalue weighted by Crippen LogP contribution is 2.48. The second kappa shape index (κ2) is 6.38. The van der Waals surface area contributed by atoms with Crippen LogP contribution >= 0.6 is 0 Å². The van der Waals surface area contributed by atoms with Crippen LogP contribution in [0.15, 0.2) is 4.99 Å². The highest BCUT2D eigenvalue weighted by Gasteiger charge is 2.41. The molecular formula is C18H32N4. The molecule has 0 radical (unpaired) electrons. The second-order valence-corrected chi connectivity index (χ2v) is 7.90. The van der Waals surface area contributed by atoms with Gasteiger partial charge in [-0.05, 0) is 75.8 Å². The normalized spacial score (nSPS) is 30.5. The first-order chi connectivity index (χ1) is 10.8. The summed E-state index contributed by atoms with van der Waals surface area (Å²) in [7, 11) is 1.95. The molecule has 2 aliphatic carbocycles. The first kappa shape index (κ1) is 14.8. The molecule has 4 aliphatic rings. The van der Waals surface area contributed by atoms with Crippen LogP contribution in [0, 0.1) is 17.8 Å². The number of likely N-dealkylation sites (tertiary alicyclic amines) is 2. The Balaban J connectivity index is 1.28. The van der Waals surface area contributed by atoms with Gasteiger partial charge in [0, 0.05) is 32.7 Å². The van der Waals surface area contributed by atoms with E-state index < -0.39 is 0 Å². The predicted octanol–water partition coefficient (Wildman–Crippen LogP) is 2.17.